The van der Waals surface area contributed by atoms with Crippen LogP contribution in [-0.4, -0.2) is 9.78 Å². The van der Waals surface area contributed by atoms with Crippen LogP contribution in [0, 0.1) is 0 Å². The van der Waals surface area contributed by atoms with Gasteiger partial charge in [-0.15, -0.1) is 0 Å². The molecule has 3 nitrogen and oxygen atoms in total. The molecular weight excluding hydrogens is 310 g/mol. The lowest BCUT2D eigenvalue weighted by Crippen LogP contribution is -1.97. The second-order valence-corrected chi connectivity index (χ2v) is 4.55. The molecule has 0 amide bonds. The molecule has 0 unspecified atom stereocenters. The summed E-state index contributed by atoms with van der Waals surface area (Å²) < 4.78 is 3.71. The molecule has 5 heteroatoms. The Morgan fingerprint density at radius 2 is 2.00 bits per heavy atom. The number of anilines is 1. The van der Waals surface area contributed by atoms with Gasteiger partial charge in [0.2, 0.25) is 0 Å². The highest BCUT2D eigenvalue weighted by molar-refractivity contribution is 9.11. The van der Waals surface area contributed by atoms with Crippen LogP contribution in [0.1, 0.15) is 0 Å². The van der Waals surface area contributed by atoms with Crippen LogP contribution in [0.5, 0.6) is 0 Å². The molecule has 0 bridgehead atoms. The summed E-state index contributed by atoms with van der Waals surface area (Å²) in [5.74, 6) is 0.511. The summed E-state index contributed by atoms with van der Waals surface area (Å²) in [6.45, 7) is 0. The van der Waals surface area contributed by atoms with Crippen molar-refractivity contribution in [1.82, 2.24) is 9.78 Å². The molecule has 1 aromatic heterocycles. The zero-order valence-electron chi connectivity index (χ0n) is 7.11. The van der Waals surface area contributed by atoms with Crippen LogP contribution in [0.4, 0.5) is 5.82 Å². The van der Waals surface area contributed by atoms with E-state index in [1.165, 1.54) is 0 Å². The molecule has 14 heavy (non-hydrogen) atoms. The molecule has 0 atom stereocenters. The number of nitrogens with zero attached hydrogens (tertiary/aromatic N) is 2. The fourth-order valence-corrected chi connectivity index (χ4v) is 1.91. The molecular formula is C9H7Br2N3. The molecule has 0 aliphatic carbocycles. The van der Waals surface area contributed by atoms with E-state index in [1.807, 2.05) is 24.4 Å². The molecule has 0 saturated carbocycles. The zero-order valence-corrected chi connectivity index (χ0v) is 10.3. The lowest BCUT2D eigenvalue weighted by Gasteiger charge is -2.04. The molecule has 0 aliphatic heterocycles. The fraction of sp³-hybridized carbons (Fsp3) is 0. The van der Waals surface area contributed by atoms with E-state index in [1.54, 1.807) is 10.7 Å². The maximum atomic E-state index is 5.55. The quantitative estimate of drug-likeness (QED) is 0.879. The Hall–Kier alpha value is -0.810. The summed E-state index contributed by atoms with van der Waals surface area (Å²) in [4.78, 5) is 0. The Morgan fingerprint density at radius 1 is 1.21 bits per heavy atom. The molecule has 0 spiro atoms. The van der Waals surface area contributed by atoms with E-state index in [4.69, 9.17) is 5.73 Å². The molecule has 0 saturated heterocycles. The SMILES string of the molecule is Nc1ccn(-c2cc(Br)ccc2Br)n1. The lowest BCUT2D eigenvalue weighted by atomic mass is 10.3. The van der Waals surface area contributed by atoms with Crippen molar-refractivity contribution >= 4 is 37.7 Å². The Morgan fingerprint density at radius 3 is 2.64 bits per heavy atom. The van der Waals surface area contributed by atoms with Gasteiger partial charge in [-0.25, -0.2) is 4.68 Å². The Balaban J connectivity index is 2.55. The van der Waals surface area contributed by atoms with Gasteiger partial charge in [0, 0.05) is 21.2 Å². The van der Waals surface area contributed by atoms with E-state index in [2.05, 4.69) is 37.0 Å². The van der Waals surface area contributed by atoms with Crippen LogP contribution in [0.2, 0.25) is 0 Å². The largest absolute Gasteiger partial charge is 0.382 e. The minimum Gasteiger partial charge on any atom is -0.382 e. The molecule has 1 heterocycles. The van der Waals surface area contributed by atoms with Crippen molar-refractivity contribution in [3.63, 3.8) is 0 Å². The van der Waals surface area contributed by atoms with Gasteiger partial charge in [-0.05, 0) is 34.1 Å². The fourth-order valence-electron chi connectivity index (χ4n) is 1.13. The first-order chi connectivity index (χ1) is 6.66. The van der Waals surface area contributed by atoms with Crippen LogP contribution >= 0.6 is 31.9 Å². The topological polar surface area (TPSA) is 43.8 Å². The minimum absolute atomic E-state index is 0.511. The number of aromatic nitrogens is 2. The molecule has 2 N–H and O–H groups in total. The van der Waals surface area contributed by atoms with Gasteiger partial charge in [-0.2, -0.15) is 5.10 Å². The summed E-state index contributed by atoms with van der Waals surface area (Å²) in [7, 11) is 0. The first-order valence-electron chi connectivity index (χ1n) is 3.93. The van der Waals surface area contributed by atoms with E-state index < -0.39 is 0 Å². The molecule has 1 aromatic carbocycles. The van der Waals surface area contributed by atoms with Gasteiger partial charge >= 0.3 is 0 Å². The smallest absolute Gasteiger partial charge is 0.145 e. The second-order valence-electron chi connectivity index (χ2n) is 2.78. The van der Waals surface area contributed by atoms with Crippen molar-refractivity contribution in [1.29, 1.82) is 0 Å². The molecule has 72 valence electrons. The highest BCUT2D eigenvalue weighted by atomic mass is 79.9. The normalized spacial score (nSPS) is 10.4. The van der Waals surface area contributed by atoms with E-state index in [-0.39, 0.29) is 0 Å². The molecule has 0 aliphatic rings. The Labute approximate surface area is 98.2 Å². The van der Waals surface area contributed by atoms with E-state index in [9.17, 15) is 0 Å². The summed E-state index contributed by atoms with van der Waals surface area (Å²) in [6, 6.07) is 7.64. The number of benzene rings is 1. The lowest BCUT2D eigenvalue weighted by molar-refractivity contribution is 0.881. The van der Waals surface area contributed by atoms with Gasteiger partial charge in [0.15, 0.2) is 0 Å². The van der Waals surface area contributed by atoms with Gasteiger partial charge in [0.05, 0.1) is 5.69 Å². The standard InChI is InChI=1S/C9H7Br2N3/c10-6-1-2-7(11)8(5-6)14-4-3-9(12)13-14/h1-5H,(H2,12,13). The van der Waals surface area contributed by atoms with Gasteiger partial charge in [0.25, 0.3) is 0 Å². The predicted octanol–water partition coefficient (Wildman–Crippen LogP) is 2.98. The third kappa shape index (κ3) is 1.83. The highest BCUT2D eigenvalue weighted by Crippen LogP contribution is 2.24. The van der Waals surface area contributed by atoms with E-state index in [0.717, 1.165) is 14.6 Å². The van der Waals surface area contributed by atoms with E-state index in [0.29, 0.717) is 5.82 Å². The number of hydrogen-bond acceptors (Lipinski definition) is 2. The summed E-state index contributed by atoms with van der Waals surface area (Å²) in [5.41, 5.74) is 6.50. The third-order valence-electron chi connectivity index (χ3n) is 1.76. The number of rotatable bonds is 1. The van der Waals surface area contributed by atoms with Crippen LogP contribution in [0.25, 0.3) is 5.69 Å². The van der Waals surface area contributed by atoms with Crippen LogP contribution in [-0.2, 0) is 0 Å². The third-order valence-corrected chi connectivity index (χ3v) is 2.93. The van der Waals surface area contributed by atoms with E-state index >= 15 is 0 Å². The maximum Gasteiger partial charge on any atom is 0.145 e. The van der Waals surface area contributed by atoms with Gasteiger partial charge < -0.3 is 5.73 Å². The van der Waals surface area contributed by atoms with Crippen molar-refractivity contribution in [2.75, 3.05) is 5.73 Å². The van der Waals surface area contributed by atoms with Crippen LogP contribution in [0.15, 0.2) is 39.4 Å². The molecule has 0 radical (unpaired) electrons. The predicted molar refractivity (Wildman–Crippen MR) is 63.4 cm³/mol. The average Bonchev–Trinajstić information content (AvgIpc) is 2.56. The minimum atomic E-state index is 0.511. The van der Waals surface area contributed by atoms with Crippen molar-refractivity contribution in [3.8, 4) is 5.69 Å². The Kier molecular flexibility index (Phi) is 2.60. The highest BCUT2D eigenvalue weighted by Gasteiger charge is 2.03. The van der Waals surface area contributed by atoms with Crippen LogP contribution < -0.4 is 5.73 Å². The second kappa shape index (κ2) is 3.74. The monoisotopic (exact) mass is 315 g/mol. The maximum absolute atomic E-state index is 5.55. The van der Waals surface area contributed by atoms with Crippen molar-refractivity contribution in [2.45, 2.75) is 0 Å². The number of hydrogen-bond donors (Lipinski definition) is 1. The first-order valence-corrected chi connectivity index (χ1v) is 5.52. The summed E-state index contributed by atoms with van der Waals surface area (Å²) in [5, 5.41) is 4.13. The summed E-state index contributed by atoms with van der Waals surface area (Å²) >= 11 is 6.86. The van der Waals surface area contributed by atoms with Crippen molar-refractivity contribution < 1.29 is 0 Å². The van der Waals surface area contributed by atoms with Gasteiger partial charge in [-0.3, -0.25) is 0 Å². The van der Waals surface area contributed by atoms with Crippen molar-refractivity contribution in [3.05, 3.63) is 39.4 Å². The molecule has 2 aromatic rings. The van der Waals surface area contributed by atoms with Gasteiger partial charge in [-0.1, -0.05) is 15.9 Å². The molecule has 2 rings (SSSR count). The van der Waals surface area contributed by atoms with Gasteiger partial charge in [0.1, 0.15) is 5.82 Å². The molecule has 0 fully saturated rings. The number of nitrogen functional groups attached to an aromatic ring is 1. The van der Waals surface area contributed by atoms with Crippen LogP contribution in [0.3, 0.4) is 0 Å². The Bertz CT molecular complexity index is 465. The zero-order chi connectivity index (χ0) is 10.1. The summed E-state index contributed by atoms with van der Waals surface area (Å²) in [6.07, 6.45) is 1.82. The van der Waals surface area contributed by atoms with Crippen molar-refractivity contribution in [2.24, 2.45) is 0 Å². The number of halogens is 2. The first kappa shape index (κ1) is 9.73. The average molecular weight is 317 g/mol. The number of nitrogens with two attached hydrogens (primary N) is 1.